The molecular weight excluding hydrogens is 168 g/mol. The zero-order valence-electron chi connectivity index (χ0n) is 5.44. The van der Waals surface area contributed by atoms with Gasteiger partial charge in [0.05, 0.1) is 4.83 Å². The minimum absolute atomic E-state index is 0.0162. The Kier molecular flexibility index (Phi) is 3.29. The van der Waals surface area contributed by atoms with Crippen LogP contribution in [0, 0.1) is 5.92 Å². The van der Waals surface area contributed by atoms with Gasteiger partial charge < -0.3 is 0 Å². The van der Waals surface area contributed by atoms with E-state index in [1.807, 2.05) is 20.8 Å². The maximum absolute atomic E-state index is 10.8. The van der Waals surface area contributed by atoms with E-state index in [1.165, 1.54) is 0 Å². The van der Waals surface area contributed by atoms with Gasteiger partial charge in [-0.15, -0.1) is 0 Å². The molecule has 1 nitrogen and oxygen atoms in total. The van der Waals surface area contributed by atoms with E-state index >= 15 is 0 Å². The standard InChI is InChI=1S/C6H11BrO/c1-4(2)6(8)5(3)7/h4-5H,1-3H3/t5-/m1/s1. The van der Waals surface area contributed by atoms with Crippen LogP contribution in [0.4, 0.5) is 0 Å². The number of carbonyl (C=O) groups excluding carboxylic acids is 1. The predicted octanol–water partition coefficient (Wildman–Crippen LogP) is 1.99. The van der Waals surface area contributed by atoms with Gasteiger partial charge in [-0.2, -0.15) is 0 Å². The molecule has 0 aromatic rings. The lowest BCUT2D eigenvalue weighted by Gasteiger charge is -2.03. The Hall–Kier alpha value is 0.150. The first-order valence-corrected chi connectivity index (χ1v) is 3.65. The number of hydrogen-bond donors (Lipinski definition) is 0. The van der Waals surface area contributed by atoms with E-state index in [1.54, 1.807) is 0 Å². The van der Waals surface area contributed by atoms with Crippen molar-refractivity contribution in [3.05, 3.63) is 0 Å². The van der Waals surface area contributed by atoms with Gasteiger partial charge in [0.2, 0.25) is 0 Å². The third-order valence-electron chi connectivity index (χ3n) is 0.961. The molecule has 0 fully saturated rings. The molecule has 0 aromatic heterocycles. The summed E-state index contributed by atoms with van der Waals surface area (Å²) in [5, 5.41) is 0. The average Bonchev–Trinajstić information content (AvgIpc) is 1.64. The lowest BCUT2D eigenvalue weighted by atomic mass is 10.1. The van der Waals surface area contributed by atoms with Crippen LogP contribution < -0.4 is 0 Å². The minimum Gasteiger partial charge on any atom is -0.298 e. The molecule has 0 rings (SSSR count). The quantitative estimate of drug-likeness (QED) is 0.592. The molecule has 0 saturated carbocycles. The Morgan fingerprint density at radius 1 is 1.38 bits per heavy atom. The lowest BCUT2D eigenvalue weighted by Crippen LogP contribution is -2.15. The van der Waals surface area contributed by atoms with Crippen LogP contribution in [0.1, 0.15) is 20.8 Å². The maximum atomic E-state index is 10.8. The summed E-state index contributed by atoms with van der Waals surface area (Å²) in [6, 6.07) is 0. The fourth-order valence-corrected chi connectivity index (χ4v) is 0.988. The van der Waals surface area contributed by atoms with Crippen LogP contribution >= 0.6 is 15.9 Å². The minimum atomic E-state index is 0.0162. The van der Waals surface area contributed by atoms with Gasteiger partial charge in [0.1, 0.15) is 5.78 Å². The van der Waals surface area contributed by atoms with E-state index in [9.17, 15) is 4.79 Å². The molecule has 0 aliphatic carbocycles. The van der Waals surface area contributed by atoms with Crippen molar-refractivity contribution >= 4 is 21.7 Å². The molecule has 0 bridgehead atoms. The van der Waals surface area contributed by atoms with Gasteiger partial charge in [0.25, 0.3) is 0 Å². The number of Topliss-reactive ketones (excluding diaryl/α,β-unsaturated/α-hetero) is 1. The molecule has 8 heavy (non-hydrogen) atoms. The molecule has 0 amide bonds. The number of carbonyl (C=O) groups is 1. The van der Waals surface area contributed by atoms with Crippen LogP contribution in [-0.4, -0.2) is 10.6 Å². The third kappa shape index (κ3) is 2.46. The number of rotatable bonds is 2. The largest absolute Gasteiger partial charge is 0.298 e. The average molecular weight is 179 g/mol. The molecule has 0 N–H and O–H groups in total. The highest BCUT2D eigenvalue weighted by molar-refractivity contribution is 9.10. The fourth-order valence-electron chi connectivity index (χ4n) is 0.459. The summed E-state index contributed by atoms with van der Waals surface area (Å²) in [5.74, 6) is 0.425. The van der Waals surface area contributed by atoms with Crippen LogP contribution in [-0.2, 0) is 4.79 Å². The predicted molar refractivity (Wildman–Crippen MR) is 38.2 cm³/mol. The first kappa shape index (κ1) is 8.15. The van der Waals surface area contributed by atoms with E-state index in [4.69, 9.17) is 0 Å². The number of hydrogen-bond acceptors (Lipinski definition) is 1. The van der Waals surface area contributed by atoms with E-state index < -0.39 is 0 Å². The Morgan fingerprint density at radius 2 is 1.75 bits per heavy atom. The van der Waals surface area contributed by atoms with Gasteiger partial charge in [-0.25, -0.2) is 0 Å². The van der Waals surface area contributed by atoms with E-state index in [0.717, 1.165) is 0 Å². The smallest absolute Gasteiger partial charge is 0.148 e. The summed E-state index contributed by atoms with van der Waals surface area (Å²) < 4.78 is 0. The summed E-state index contributed by atoms with van der Waals surface area (Å²) in [5.41, 5.74) is 0. The second-order valence-corrected chi connectivity index (χ2v) is 3.55. The highest BCUT2D eigenvalue weighted by atomic mass is 79.9. The Balaban J connectivity index is 3.65. The molecule has 0 aliphatic heterocycles. The molecule has 0 unspecified atom stereocenters. The molecular formula is C6H11BrO. The van der Waals surface area contributed by atoms with E-state index in [-0.39, 0.29) is 16.5 Å². The van der Waals surface area contributed by atoms with Crippen LogP contribution in [0.25, 0.3) is 0 Å². The topological polar surface area (TPSA) is 17.1 Å². The molecule has 48 valence electrons. The molecule has 2 heteroatoms. The van der Waals surface area contributed by atoms with E-state index in [0.29, 0.717) is 0 Å². The Bertz CT molecular complexity index is 76.5. The van der Waals surface area contributed by atoms with Gasteiger partial charge in [-0.1, -0.05) is 29.8 Å². The molecule has 0 aliphatic rings. The van der Waals surface area contributed by atoms with E-state index in [2.05, 4.69) is 15.9 Å². The lowest BCUT2D eigenvalue weighted by molar-refractivity contribution is -0.120. The van der Waals surface area contributed by atoms with Gasteiger partial charge in [0.15, 0.2) is 0 Å². The molecule has 0 aromatic carbocycles. The van der Waals surface area contributed by atoms with Gasteiger partial charge in [-0.05, 0) is 6.92 Å². The van der Waals surface area contributed by atoms with Crippen molar-refractivity contribution in [3.8, 4) is 0 Å². The fraction of sp³-hybridized carbons (Fsp3) is 0.833. The van der Waals surface area contributed by atoms with Crippen molar-refractivity contribution in [2.75, 3.05) is 0 Å². The van der Waals surface area contributed by atoms with Crippen LogP contribution in [0.5, 0.6) is 0 Å². The second-order valence-electron chi connectivity index (χ2n) is 2.17. The first-order chi connectivity index (χ1) is 3.55. The molecule has 1 atom stereocenters. The second kappa shape index (κ2) is 3.23. The normalized spacial score (nSPS) is 14.1. The molecule has 0 saturated heterocycles. The summed E-state index contributed by atoms with van der Waals surface area (Å²) in [7, 11) is 0. The summed E-state index contributed by atoms with van der Waals surface area (Å²) in [6.07, 6.45) is 0. The van der Waals surface area contributed by atoms with Crippen molar-refractivity contribution in [1.82, 2.24) is 0 Å². The highest BCUT2D eigenvalue weighted by Gasteiger charge is 2.11. The monoisotopic (exact) mass is 178 g/mol. The maximum Gasteiger partial charge on any atom is 0.148 e. The van der Waals surface area contributed by atoms with Crippen LogP contribution in [0.3, 0.4) is 0 Å². The zero-order valence-corrected chi connectivity index (χ0v) is 7.03. The van der Waals surface area contributed by atoms with Crippen molar-refractivity contribution in [3.63, 3.8) is 0 Å². The zero-order chi connectivity index (χ0) is 6.73. The highest BCUT2D eigenvalue weighted by Crippen LogP contribution is 2.06. The molecule has 0 heterocycles. The van der Waals surface area contributed by atoms with Gasteiger partial charge >= 0.3 is 0 Å². The first-order valence-electron chi connectivity index (χ1n) is 2.73. The molecule has 0 radical (unpaired) electrons. The van der Waals surface area contributed by atoms with Gasteiger partial charge in [0, 0.05) is 5.92 Å². The Morgan fingerprint density at radius 3 is 1.75 bits per heavy atom. The van der Waals surface area contributed by atoms with Crippen molar-refractivity contribution in [1.29, 1.82) is 0 Å². The summed E-state index contributed by atoms with van der Waals surface area (Å²) >= 11 is 3.19. The number of halogens is 1. The van der Waals surface area contributed by atoms with Crippen LogP contribution in [0.2, 0.25) is 0 Å². The van der Waals surface area contributed by atoms with Crippen molar-refractivity contribution in [2.24, 2.45) is 5.92 Å². The summed E-state index contributed by atoms with van der Waals surface area (Å²) in [4.78, 5) is 10.8. The van der Waals surface area contributed by atoms with Gasteiger partial charge in [-0.3, -0.25) is 4.79 Å². The molecule has 0 spiro atoms. The summed E-state index contributed by atoms with van der Waals surface area (Å²) in [6.45, 7) is 5.66. The van der Waals surface area contributed by atoms with Crippen LogP contribution in [0.15, 0.2) is 0 Å². The van der Waals surface area contributed by atoms with Crippen molar-refractivity contribution < 1.29 is 4.79 Å². The number of alkyl halides is 1. The third-order valence-corrected chi connectivity index (χ3v) is 1.41. The Labute approximate surface area is 58.6 Å². The SMILES string of the molecule is CC(C)C(=O)[C@@H](C)Br. The number of ketones is 1. The van der Waals surface area contributed by atoms with Crippen molar-refractivity contribution in [2.45, 2.75) is 25.6 Å².